The fraction of sp³-hybridized carbons (Fsp3) is 0.400. The molecule has 3 heteroatoms. The molecule has 2 aromatic rings. The molecule has 0 aliphatic rings. The second-order valence-corrected chi connectivity index (χ2v) is 4.89. The van der Waals surface area contributed by atoms with Crippen LogP contribution in [-0.4, -0.2) is 16.8 Å². The van der Waals surface area contributed by atoms with E-state index in [-0.39, 0.29) is 0 Å². The van der Waals surface area contributed by atoms with Gasteiger partial charge in [-0.1, -0.05) is 24.3 Å². The smallest absolute Gasteiger partial charge is 0.0672 e. The van der Waals surface area contributed by atoms with Gasteiger partial charge in [-0.3, -0.25) is 4.68 Å². The van der Waals surface area contributed by atoms with Crippen LogP contribution in [0.2, 0.25) is 0 Å². The Morgan fingerprint density at radius 3 is 2.56 bits per heavy atom. The first-order valence-electron chi connectivity index (χ1n) is 6.42. The number of nitrogens with one attached hydrogen (secondary N) is 1. The third kappa shape index (κ3) is 2.46. The minimum absolute atomic E-state index is 0.397. The lowest BCUT2D eigenvalue weighted by Crippen LogP contribution is -2.06. The van der Waals surface area contributed by atoms with Crippen LogP contribution in [0.3, 0.4) is 0 Å². The molecule has 0 spiro atoms. The lowest BCUT2D eigenvalue weighted by molar-refractivity contribution is 0.529. The van der Waals surface area contributed by atoms with Crippen LogP contribution < -0.4 is 5.32 Å². The first kappa shape index (κ1) is 12.8. The molecule has 0 radical (unpaired) electrons. The van der Waals surface area contributed by atoms with Crippen LogP contribution in [0.5, 0.6) is 0 Å². The highest BCUT2D eigenvalue weighted by molar-refractivity contribution is 5.68. The largest absolute Gasteiger partial charge is 0.316 e. The molecule has 0 saturated carbocycles. The molecule has 3 nitrogen and oxygen atoms in total. The molecule has 0 aliphatic heterocycles. The van der Waals surface area contributed by atoms with Gasteiger partial charge < -0.3 is 5.32 Å². The zero-order chi connectivity index (χ0) is 13.1. The van der Waals surface area contributed by atoms with Gasteiger partial charge in [0, 0.05) is 24.3 Å². The quantitative estimate of drug-likeness (QED) is 0.894. The number of hydrogen-bond donors (Lipinski definition) is 1. The predicted octanol–water partition coefficient (Wildman–Crippen LogP) is 3.16. The van der Waals surface area contributed by atoms with Gasteiger partial charge >= 0.3 is 0 Å². The second-order valence-electron chi connectivity index (χ2n) is 4.89. The monoisotopic (exact) mass is 243 g/mol. The first-order chi connectivity index (χ1) is 8.63. The van der Waals surface area contributed by atoms with Crippen LogP contribution in [0.15, 0.2) is 30.5 Å². The molecule has 1 heterocycles. The number of hydrogen-bond acceptors (Lipinski definition) is 2. The van der Waals surface area contributed by atoms with E-state index in [0.29, 0.717) is 6.04 Å². The number of nitrogens with zero attached hydrogens (tertiary/aromatic N) is 2. The summed E-state index contributed by atoms with van der Waals surface area (Å²) in [7, 11) is 1.97. The summed E-state index contributed by atoms with van der Waals surface area (Å²) >= 11 is 0. The SMILES string of the molecule is CNCc1ccccc1-c1cn(C(C)C)nc1C. The Labute approximate surface area is 109 Å². The topological polar surface area (TPSA) is 29.9 Å². The van der Waals surface area contributed by atoms with Gasteiger partial charge in [0.25, 0.3) is 0 Å². The molecule has 1 aromatic carbocycles. The van der Waals surface area contributed by atoms with Crippen LogP contribution in [0.1, 0.15) is 31.1 Å². The molecule has 0 fully saturated rings. The van der Waals surface area contributed by atoms with Gasteiger partial charge in [-0.15, -0.1) is 0 Å². The summed E-state index contributed by atoms with van der Waals surface area (Å²) in [5.74, 6) is 0. The van der Waals surface area contributed by atoms with Gasteiger partial charge in [-0.25, -0.2) is 0 Å². The Balaban J connectivity index is 2.48. The number of rotatable bonds is 4. The van der Waals surface area contributed by atoms with Crippen LogP contribution in [0, 0.1) is 6.92 Å². The molecule has 0 atom stereocenters. The van der Waals surface area contributed by atoms with E-state index in [1.54, 1.807) is 0 Å². The molecule has 1 aromatic heterocycles. The number of aromatic nitrogens is 2. The maximum atomic E-state index is 4.58. The van der Waals surface area contributed by atoms with Crippen LogP contribution >= 0.6 is 0 Å². The highest BCUT2D eigenvalue weighted by Crippen LogP contribution is 2.27. The lowest BCUT2D eigenvalue weighted by atomic mass is 10.0. The van der Waals surface area contributed by atoms with Gasteiger partial charge in [0.1, 0.15) is 0 Å². The minimum atomic E-state index is 0.397. The fourth-order valence-corrected chi connectivity index (χ4v) is 2.14. The summed E-state index contributed by atoms with van der Waals surface area (Å²) in [4.78, 5) is 0. The first-order valence-corrected chi connectivity index (χ1v) is 6.42. The van der Waals surface area contributed by atoms with E-state index >= 15 is 0 Å². The molecule has 18 heavy (non-hydrogen) atoms. The fourth-order valence-electron chi connectivity index (χ4n) is 2.14. The minimum Gasteiger partial charge on any atom is -0.316 e. The molecular formula is C15H21N3. The van der Waals surface area contributed by atoms with Gasteiger partial charge in [-0.2, -0.15) is 5.10 Å². The maximum Gasteiger partial charge on any atom is 0.0672 e. The van der Waals surface area contributed by atoms with Crippen molar-refractivity contribution in [1.29, 1.82) is 0 Å². The van der Waals surface area contributed by atoms with Crippen LogP contribution in [-0.2, 0) is 6.54 Å². The van der Waals surface area contributed by atoms with E-state index in [9.17, 15) is 0 Å². The third-order valence-electron chi connectivity index (χ3n) is 3.12. The lowest BCUT2D eigenvalue weighted by Gasteiger charge is -2.08. The van der Waals surface area contributed by atoms with Crippen molar-refractivity contribution in [1.82, 2.24) is 15.1 Å². The Morgan fingerprint density at radius 1 is 1.22 bits per heavy atom. The van der Waals surface area contributed by atoms with Crippen molar-refractivity contribution < 1.29 is 0 Å². The Bertz CT molecular complexity index is 526. The molecule has 0 saturated heterocycles. The zero-order valence-corrected chi connectivity index (χ0v) is 11.6. The van der Waals surface area contributed by atoms with E-state index in [0.717, 1.165) is 12.2 Å². The molecule has 0 bridgehead atoms. The van der Waals surface area contributed by atoms with Crippen molar-refractivity contribution in [3.8, 4) is 11.1 Å². The zero-order valence-electron chi connectivity index (χ0n) is 11.6. The second kappa shape index (κ2) is 5.36. The average molecular weight is 243 g/mol. The molecule has 2 rings (SSSR count). The highest BCUT2D eigenvalue weighted by Gasteiger charge is 2.11. The van der Waals surface area contributed by atoms with Crippen LogP contribution in [0.4, 0.5) is 0 Å². The molecule has 96 valence electrons. The molecular weight excluding hydrogens is 222 g/mol. The van der Waals surface area contributed by atoms with E-state index in [1.807, 2.05) is 11.7 Å². The molecule has 0 unspecified atom stereocenters. The summed E-state index contributed by atoms with van der Waals surface area (Å²) < 4.78 is 2.03. The average Bonchev–Trinajstić information content (AvgIpc) is 2.73. The number of aryl methyl sites for hydroxylation is 1. The van der Waals surface area contributed by atoms with Crippen LogP contribution in [0.25, 0.3) is 11.1 Å². The standard InChI is InChI=1S/C15H21N3/c1-11(2)18-10-15(12(3)17-18)14-8-6-5-7-13(14)9-16-4/h5-8,10-11,16H,9H2,1-4H3. The van der Waals surface area contributed by atoms with Crippen molar-refractivity contribution in [3.63, 3.8) is 0 Å². The van der Waals surface area contributed by atoms with Gasteiger partial charge in [0.15, 0.2) is 0 Å². The van der Waals surface area contributed by atoms with E-state index in [2.05, 4.69) is 61.6 Å². The number of benzene rings is 1. The molecule has 1 N–H and O–H groups in total. The van der Waals surface area contributed by atoms with Gasteiger partial charge in [0.2, 0.25) is 0 Å². The van der Waals surface area contributed by atoms with Crippen molar-refractivity contribution in [2.24, 2.45) is 0 Å². The molecule has 0 aliphatic carbocycles. The highest BCUT2D eigenvalue weighted by atomic mass is 15.3. The molecule has 0 amide bonds. The summed E-state index contributed by atoms with van der Waals surface area (Å²) in [6.07, 6.45) is 2.15. The normalized spacial score (nSPS) is 11.2. The summed E-state index contributed by atoms with van der Waals surface area (Å²) in [5.41, 5.74) is 4.91. The maximum absolute atomic E-state index is 4.58. The van der Waals surface area contributed by atoms with Crippen molar-refractivity contribution in [2.75, 3.05) is 7.05 Å². The van der Waals surface area contributed by atoms with Crippen molar-refractivity contribution in [2.45, 2.75) is 33.4 Å². The summed E-state index contributed by atoms with van der Waals surface area (Å²) in [6.45, 7) is 7.25. The predicted molar refractivity (Wildman–Crippen MR) is 75.5 cm³/mol. The van der Waals surface area contributed by atoms with Gasteiger partial charge in [-0.05, 0) is 38.9 Å². The van der Waals surface area contributed by atoms with E-state index < -0.39 is 0 Å². The van der Waals surface area contributed by atoms with Gasteiger partial charge in [0.05, 0.1) is 5.69 Å². The Morgan fingerprint density at radius 2 is 1.94 bits per heavy atom. The summed E-state index contributed by atoms with van der Waals surface area (Å²) in [5, 5.41) is 7.80. The van der Waals surface area contributed by atoms with E-state index in [1.165, 1.54) is 16.7 Å². The third-order valence-corrected chi connectivity index (χ3v) is 3.12. The Hall–Kier alpha value is -1.61. The van der Waals surface area contributed by atoms with Crippen molar-refractivity contribution >= 4 is 0 Å². The Kier molecular flexibility index (Phi) is 3.82. The summed E-state index contributed by atoms with van der Waals surface area (Å²) in [6, 6.07) is 8.90. The van der Waals surface area contributed by atoms with Crippen molar-refractivity contribution in [3.05, 3.63) is 41.7 Å². The van der Waals surface area contributed by atoms with E-state index in [4.69, 9.17) is 0 Å².